The lowest BCUT2D eigenvalue weighted by Crippen LogP contribution is -2.47. The maximum atomic E-state index is 12.2. The maximum absolute atomic E-state index is 12.2. The molecule has 6 heteroatoms. The van der Waals surface area contributed by atoms with Crippen molar-refractivity contribution in [1.29, 1.82) is 0 Å². The quantitative estimate of drug-likeness (QED) is 0.622. The second-order valence-electron chi connectivity index (χ2n) is 7.16. The molecule has 0 aromatic carbocycles. The maximum Gasteiger partial charge on any atom is 0.410 e. The molecule has 0 radical (unpaired) electrons. The number of nitrogens with zero attached hydrogens (tertiary/aromatic N) is 1. The molecule has 128 valence electrons. The monoisotopic (exact) mass is 314 g/mol. The minimum atomic E-state index is -0.513. The third-order valence-electron chi connectivity index (χ3n) is 3.84. The van der Waals surface area contributed by atoms with Gasteiger partial charge in [-0.25, -0.2) is 4.79 Å². The zero-order valence-corrected chi connectivity index (χ0v) is 14.3. The first kappa shape index (κ1) is 18.7. The zero-order valence-electron chi connectivity index (χ0n) is 14.3. The molecule has 1 aliphatic heterocycles. The number of ether oxygens (including phenoxy) is 2. The highest BCUT2D eigenvalue weighted by molar-refractivity contribution is 5.77. The molecule has 6 nitrogen and oxygen atoms in total. The molecule has 0 aromatic heterocycles. The van der Waals surface area contributed by atoms with Crippen LogP contribution < -0.4 is 5.73 Å². The minimum absolute atomic E-state index is 0.173. The molecule has 0 aromatic rings. The SMILES string of the molecule is CC(C)(C)OC(=O)N1CCC(C)(C(=O)OCCCCN)CC1. The molecule has 0 unspecified atom stereocenters. The Kier molecular flexibility index (Phi) is 6.66. The molecule has 1 aliphatic rings. The molecule has 0 aliphatic carbocycles. The normalized spacial score (nSPS) is 18.0. The van der Waals surface area contributed by atoms with E-state index in [0.29, 0.717) is 39.1 Å². The Bertz CT molecular complexity index is 382. The van der Waals surface area contributed by atoms with Crippen LogP contribution in [0.15, 0.2) is 0 Å². The fourth-order valence-corrected chi connectivity index (χ4v) is 2.30. The van der Waals surface area contributed by atoms with Gasteiger partial charge in [-0.1, -0.05) is 0 Å². The average molecular weight is 314 g/mol. The molecule has 0 saturated carbocycles. The topological polar surface area (TPSA) is 81.9 Å². The number of likely N-dealkylation sites (tertiary alicyclic amines) is 1. The number of hydrogen-bond donors (Lipinski definition) is 1. The van der Waals surface area contributed by atoms with Crippen molar-refractivity contribution in [2.75, 3.05) is 26.2 Å². The van der Waals surface area contributed by atoms with Crippen LogP contribution in [0.2, 0.25) is 0 Å². The van der Waals surface area contributed by atoms with Gasteiger partial charge in [0.25, 0.3) is 0 Å². The Morgan fingerprint density at radius 2 is 1.77 bits per heavy atom. The number of unbranched alkanes of at least 4 members (excludes halogenated alkanes) is 1. The van der Waals surface area contributed by atoms with E-state index in [2.05, 4.69) is 0 Å². The predicted octanol–water partition coefficient (Wildman–Crippen LogP) is 2.31. The summed E-state index contributed by atoms with van der Waals surface area (Å²) < 4.78 is 10.7. The number of carbonyl (C=O) groups is 2. The highest BCUT2D eigenvalue weighted by Gasteiger charge is 2.40. The Balaban J connectivity index is 2.42. The Labute approximate surface area is 133 Å². The molecule has 22 heavy (non-hydrogen) atoms. The van der Waals surface area contributed by atoms with Gasteiger partial charge in [-0.05, 0) is 59.9 Å². The largest absolute Gasteiger partial charge is 0.465 e. The number of piperidine rings is 1. The molecule has 1 rings (SSSR count). The van der Waals surface area contributed by atoms with Crippen molar-refractivity contribution < 1.29 is 19.1 Å². The minimum Gasteiger partial charge on any atom is -0.465 e. The van der Waals surface area contributed by atoms with Crippen LogP contribution in [0.5, 0.6) is 0 Å². The van der Waals surface area contributed by atoms with Gasteiger partial charge in [0.05, 0.1) is 12.0 Å². The third kappa shape index (κ3) is 5.83. The van der Waals surface area contributed by atoms with Crippen LogP contribution in [0.1, 0.15) is 53.4 Å². The molecule has 0 bridgehead atoms. The van der Waals surface area contributed by atoms with Crippen LogP contribution in [-0.4, -0.2) is 48.8 Å². The van der Waals surface area contributed by atoms with E-state index in [1.165, 1.54) is 0 Å². The van der Waals surface area contributed by atoms with Gasteiger partial charge in [-0.2, -0.15) is 0 Å². The first-order valence-electron chi connectivity index (χ1n) is 8.03. The lowest BCUT2D eigenvalue weighted by Gasteiger charge is -2.38. The van der Waals surface area contributed by atoms with E-state index in [0.717, 1.165) is 12.8 Å². The highest BCUT2D eigenvalue weighted by Crippen LogP contribution is 2.32. The van der Waals surface area contributed by atoms with Crippen LogP contribution in [0, 0.1) is 5.41 Å². The first-order chi connectivity index (χ1) is 10.2. The zero-order chi connectivity index (χ0) is 16.8. The summed E-state index contributed by atoms with van der Waals surface area (Å²) in [5.41, 5.74) is 4.40. The van der Waals surface area contributed by atoms with E-state index in [1.54, 1.807) is 4.90 Å². The third-order valence-corrected chi connectivity index (χ3v) is 3.84. The molecule has 1 saturated heterocycles. The standard InChI is InChI=1S/C16H30N2O4/c1-15(2,3)22-14(20)18-10-7-16(4,8-11-18)13(19)21-12-6-5-9-17/h5-12,17H2,1-4H3. The van der Waals surface area contributed by atoms with Crippen molar-refractivity contribution in [2.45, 2.75) is 59.0 Å². The lowest BCUT2D eigenvalue weighted by molar-refractivity contribution is -0.157. The summed E-state index contributed by atoms with van der Waals surface area (Å²) in [5.74, 6) is -0.173. The van der Waals surface area contributed by atoms with Crippen LogP contribution in [-0.2, 0) is 14.3 Å². The number of nitrogens with two attached hydrogens (primary N) is 1. The van der Waals surface area contributed by atoms with Crippen molar-refractivity contribution in [3.05, 3.63) is 0 Å². The van der Waals surface area contributed by atoms with E-state index >= 15 is 0 Å². The van der Waals surface area contributed by atoms with Gasteiger partial charge in [-0.15, -0.1) is 0 Å². The summed E-state index contributed by atoms with van der Waals surface area (Å²) in [6.45, 7) is 9.51. The van der Waals surface area contributed by atoms with Crippen molar-refractivity contribution in [3.8, 4) is 0 Å². The second kappa shape index (κ2) is 7.81. The molecule has 1 fully saturated rings. The van der Waals surface area contributed by atoms with Crippen LogP contribution in [0.3, 0.4) is 0 Å². The van der Waals surface area contributed by atoms with Crippen LogP contribution >= 0.6 is 0 Å². The van der Waals surface area contributed by atoms with E-state index < -0.39 is 11.0 Å². The van der Waals surface area contributed by atoms with E-state index in [9.17, 15) is 9.59 Å². The second-order valence-corrected chi connectivity index (χ2v) is 7.16. The molecule has 1 heterocycles. The van der Waals surface area contributed by atoms with Gasteiger partial charge < -0.3 is 20.1 Å². The summed E-state index contributed by atoms with van der Waals surface area (Å²) in [7, 11) is 0. The van der Waals surface area contributed by atoms with Gasteiger partial charge in [0, 0.05) is 13.1 Å². The van der Waals surface area contributed by atoms with E-state index in [-0.39, 0.29) is 12.1 Å². The molecule has 1 amide bonds. The molecule has 2 N–H and O–H groups in total. The van der Waals surface area contributed by atoms with E-state index in [4.69, 9.17) is 15.2 Å². The number of hydrogen-bond acceptors (Lipinski definition) is 5. The van der Waals surface area contributed by atoms with Gasteiger partial charge >= 0.3 is 12.1 Å². The summed E-state index contributed by atoms with van der Waals surface area (Å²) in [6.07, 6.45) is 2.54. The van der Waals surface area contributed by atoms with Crippen molar-refractivity contribution in [1.82, 2.24) is 4.90 Å². The Morgan fingerprint density at radius 1 is 1.18 bits per heavy atom. The first-order valence-corrected chi connectivity index (χ1v) is 8.03. The van der Waals surface area contributed by atoms with Crippen molar-refractivity contribution in [2.24, 2.45) is 11.1 Å². The van der Waals surface area contributed by atoms with Crippen LogP contribution in [0.25, 0.3) is 0 Å². The fourth-order valence-electron chi connectivity index (χ4n) is 2.30. The van der Waals surface area contributed by atoms with Crippen molar-refractivity contribution in [3.63, 3.8) is 0 Å². The Morgan fingerprint density at radius 3 is 2.27 bits per heavy atom. The average Bonchev–Trinajstić information content (AvgIpc) is 2.42. The number of rotatable bonds is 5. The summed E-state index contributed by atoms with van der Waals surface area (Å²) in [6, 6.07) is 0. The number of carbonyl (C=O) groups excluding carboxylic acids is 2. The van der Waals surface area contributed by atoms with Crippen molar-refractivity contribution >= 4 is 12.1 Å². The highest BCUT2D eigenvalue weighted by atomic mass is 16.6. The Hall–Kier alpha value is -1.30. The number of amides is 1. The lowest BCUT2D eigenvalue weighted by atomic mass is 9.80. The van der Waals surface area contributed by atoms with Gasteiger partial charge in [0.15, 0.2) is 0 Å². The number of esters is 1. The molecular weight excluding hydrogens is 284 g/mol. The predicted molar refractivity (Wildman–Crippen MR) is 84.4 cm³/mol. The fraction of sp³-hybridized carbons (Fsp3) is 0.875. The molecule has 0 atom stereocenters. The molecular formula is C16H30N2O4. The summed E-state index contributed by atoms with van der Waals surface area (Å²) in [5, 5.41) is 0. The van der Waals surface area contributed by atoms with Gasteiger partial charge in [0.2, 0.25) is 0 Å². The molecule has 0 spiro atoms. The summed E-state index contributed by atoms with van der Waals surface area (Å²) in [4.78, 5) is 25.9. The van der Waals surface area contributed by atoms with E-state index in [1.807, 2.05) is 27.7 Å². The van der Waals surface area contributed by atoms with Crippen LogP contribution in [0.4, 0.5) is 4.79 Å². The smallest absolute Gasteiger partial charge is 0.410 e. The van der Waals surface area contributed by atoms with Gasteiger partial charge in [-0.3, -0.25) is 4.79 Å². The summed E-state index contributed by atoms with van der Waals surface area (Å²) >= 11 is 0. The van der Waals surface area contributed by atoms with Gasteiger partial charge in [0.1, 0.15) is 5.60 Å².